The third-order valence-electron chi connectivity index (χ3n) is 6.33. The number of aromatic nitrogens is 2. The van der Waals surface area contributed by atoms with Crippen molar-refractivity contribution < 1.29 is 9.53 Å². The highest BCUT2D eigenvalue weighted by molar-refractivity contribution is 5.94. The number of nitrogens with zero attached hydrogens (tertiary/aromatic N) is 2. The third kappa shape index (κ3) is 2.77. The first-order valence-corrected chi connectivity index (χ1v) is 9.60. The Labute approximate surface area is 144 Å². The van der Waals surface area contributed by atoms with E-state index in [1.54, 1.807) is 0 Å². The Morgan fingerprint density at radius 1 is 1.21 bits per heavy atom. The molecule has 2 aliphatic heterocycles. The maximum absolute atomic E-state index is 13.1. The highest BCUT2D eigenvalue weighted by Gasteiger charge is 2.41. The van der Waals surface area contributed by atoms with Crippen LogP contribution in [-0.2, 0) is 11.2 Å². The van der Waals surface area contributed by atoms with Crippen molar-refractivity contribution in [3.05, 3.63) is 17.0 Å². The minimum atomic E-state index is -0.00965. The summed E-state index contributed by atoms with van der Waals surface area (Å²) in [6.07, 6.45) is 10.0. The van der Waals surface area contributed by atoms with Gasteiger partial charge in [-0.25, -0.2) is 0 Å². The Morgan fingerprint density at radius 3 is 2.71 bits per heavy atom. The normalized spacial score (nSPS) is 29.5. The van der Waals surface area contributed by atoms with Crippen molar-refractivity contribution in [1.82, 2.24) is 15.1 Å². The van der Waals surface area contributed by atoms with Crippen LogP contribution in [-0.4, -0.2) is 40.2 Å². The number of fused-ring (bicyclic) bond motifs is 1. The van der Waals surface area contributed by atoms with Crippen LogP contribution in [0.15, 0.2) is 0 Å². The molecule has 1 aromatic rings. The number of aromatic amines is 1. The largest absolute Gasteiger partial charge is 0.369 e. The van der Waals surface area contributed by atoms with Crippen LogP contribution in [0, 0.1) is 5.41 Å². The molecule has 1 saturated heterocycles. The molecule has 1 spiro atoms. The van der Waals surface area contributed by atoms with Crippen LogP contribution >= 0.6 is 0 Å². The first-order chi connectivity index (χ1) is 11.6. The van der Waals surface area contributed by atoms with Gasteiger partial charge in [-0.15, -0.1) is 0 Å². The van der Waals surface area contributed by atoms with Crippen LogP contribution in [0.5, 0.6) is 0 Å². The Morgan fingerprint density at radius 2 is 1.96 bits per heavy atom. The summed E-state index contributed by atoms with van der Waals surface area (Å²) >= 11 is 0. The van der Waals surface area contributed by atoms with Crippen molar-refractivity contribution in [1.29, 1.82) is 0 Å². The number of hydrogen-bond acceptors (Lipinski definition) is 3. The van der Waals surface area contributed by atoms with Gasteiger partial charge in [0.25, 0.3) is 5.91 Å². The molecule has 0 unspecified atom stereocenters. The second-order valence-electron chi connectivity index (χ2n) is 8.15. The lowest BCUT2D eigenvalue weighted by molar-refractivity contribution is -0.00701. The van der Waals surface area contributed by atoms with E-state index in [1.165, 1.54) is 44.9 Å². The summed E-state index contributed by atoms with van der Waals surface area (Å²) in [6.45, 7) is 5.91. The van der Waals surface area contributed by atoms with E-state index in [1.807, 2.05) is 6.92 Å². The predicted molar refractivity (Wildman–Crippen MR) is 91.9 cm³/mol. The zero-order chi connectivity index (χ0) is 16.7. The van der Waals surface area contributed by atoms with Gasteiger partial charge in [0.05, 0.1) is 17.9 Å². The Kier molecular flexibility index (Phi) is 4.15. The fourth-order valence-corrected chi connectivity index (χ4v) is 5.00. The van der Waals surface area contributed by atoms with Crippen molar-refractivity contribution in [2.45, 2.75) is 77.4 Å². The van der Waals surface area contributed by atoms with Gasteiger partial charge >= 0.3 is 0 Å². The van der Waals surface area contributed by atoms with Gasteiger partial charge in [-0.3, -0.25) is 9.89 Å². The zero-order valence-electron chi connectivity index (χ0n) is 14.9. The predicted octanol–water partition coefficient (Wildman–Crippen LogP) is 3.62. The number of H-pyrrole nitrogens is 1. The number of nitrogens with one attached hydrogen (secondary N) is 1. The minimum absolute atomic E-state index is 0.00965. The highest BCUT2D eigenvalue weighted by atomic mass is 16.5. The van der Waals surface area contributed by atoms with E-state index in [0.29, 0.717) is 11.1 Å². The molecule has 1 aliphatic carbocycles. The van der Waals surface area contributed by atoms with Crippen LogP contribution in [0.1, 0.15) is 86.6 Å². The molecule has 1 aromatic heterocycles. The maximum Gasteiger partial charge on any atom is 0.274 e. The number of hydrogen-bond donors (Lipinski definition) is 1. The lowest BCUT2D eigenvalue weighted by atomic mass is 9.80. The van der Waals surface area contributed by atoms with E-state index in [0.717, 1.165) is 30.8 Å². The molecule has 1 amide bonds. The van der Waals surface area contributed by atoms with Gasteiger partial charge in [-0.2, -0.15) is 5.10 Å². The molecule has 2 fully saturated rings. The summed E-state index contributed by atoms with van der Waals surface area (Å²) in [7, 11) is 0. The SMILES string of the molecule is C[C@@H]1Cc2c(C(=O)N3CCC4(CCCCCC4)C3)n[nH]c2[C@H](C)O1. The molecule has 1 saturated carbocycles. The zero-order valence-corrected chi connectivity index (χ0v) is 14.9. The van der Waals surface area contributed by atoms with Crippen molar-refractivity contribution >= 4 is 5.91 Å². The van der Waals surface area contributed by atoms with Crippen LogP contribution in [0.25, 0.3) is 0 Å². The Hall–Kier alpha value is -1.36. The lowest BCUT2D eigenvalue weighted by Gasteiger charge is -2.28. The number of carbonyl (C=O) groups excluding carboxylic acids is 1. The smallest absolute Gasteiger partial charge is 0.274 e. The number of ether oxygens (including phenoxy) is 1. The fraction of sp³-hybridized carbons (Fsp3) is 0.789. The molecule has 0 radical (unpaired) electrons. The number of carbonyl (C=O) groups is 1. The van der Waals surface area contributed by atoms with Gasteiger partial charge in [0.1, 0.15) is 0 Å². The van der Waals surface area contributed by atoms with E-state index in [4.69, 9.17) is 4.74 Å². The molecule has 132 valence electrons. The molecule has 5 heteroatoms. The average molecular weight is 331 g/mol. The standard InChI is InChI=1S/C19H29N3O2/c1-13-11-15-16(14(2)24-13)20-21-17(15)18(23)22-10-9-19(12-22)7-5-3-4-6-8-19/h13-14H,3-12H2,1-2H3,(H,20,21)/t13-,14+/m1/s1. The van der Waals surface area contributed by atoms with E-state index < -0.39 is 0 Å². The van der Waals surface area contributed by atoms with Crippen molar-refractivity contribution in [2.24, 2.45) is 5.41 Å². The van der Waals surface area contributed by atoms with Gasteiger partial charge in [-0.1, -0.05) is 25.7 Å². The van der Waals surface area contributed by atoms with Gasteiger partial charge in [0.15, 0.2) is 5.69 Å². The van der Waals surface area contributed by atoms with Crippen molar-refractivity contribution in [2.75, 3.05) is 13.1 Å². The molecule has 1 N–H and O–H groups in total. The topological polar surface area (TPSA) is 58.2 Å². The summed E-state index contributed by atoms with van der Waals surface area (Å²) in [5.74, 6) is 0.120. The minimum Gasteiger partial charge on any atom is -0.369 e. The van der Waals surface area contributed by atoms with Crippen LogP contribution < -0.4 is 0 Å². The van der Waals surface area contributed by atoms with E-state index >= 15 is 0 Å². The molecule has 0 aromatic carbocycles. The molecule has 0 bridgehead atoms. The summed E-state index contributed by atoms with van der Waals surface area (Å²) < 4.78 is 5.84. The molecule has 3 heterocycles. The van der Waals surface area contributed by atoms with E-state index in [2.05, 4.69) is 22.0 Å². The molecule has 5 nitrogen and oxygen atoms in total. The fourth-order valence-electron chi connectivity index (χ4n) is 5.00. The second-order valence-corrected chi connectivity index (χ2v) is 8.15. The van der Waals surface area contributed by atoms with E-state index in [9.17, 15) is 4.79 Å². The average Bonchev–Trinajstić information content (AvgIpc) is 3.07. The highest BCUT2D eigenvalue weighted by Crippen LogP contribution is 2.43. The Balaban J connectivity index is 1.53. The summed E-state index contributed by atoms with van der Waals surface area (Å²) in [6, 6.07) is 0. The van der Waals surface area contributed by atoms with Gasteiger partial charge < -0.3 is 9.64 Å². The monoisotopic (exact) mass is 331 g/mol. The molecular formula is C19H29N3O2. The van der Waals surface area contributed by atoms with Crippen molar-refractivity contribution in [3.63, 3.8) is 0 Å². The number of amides is 1. The summed E-state index contributed by atoms with van der Waals surface area (Å²) in [5.41, 5.74) is 3.08. The number of rotatable bonds is 1. The lowest BCUT2D eigenvalue weighted by Crippen LogP contribution is -2.33. The third-order valence-corrected chi connectivity index (χ3v) is 6.33. The Bertz CT molecular complexity index is 616. The van der Waals surface area contributed by atoms with Crippen LogP contribution in [0.4, 0.5) is 0 Å². The van der Waals surface area contributed by atoms with Crippen molar-refractivity contribution in [3.8, 4) is 0 Å². The second kappa shape index (κ2) is 6.17. The van der Waals surface area contributed by atoms with Gasteiger partial charge in [-0.05, 0) is 38.5 Å². The first-order valence-electron chi connectivity index (χ1n) is 9.60. The van der Waals surface area contributed by atoms with E-state index in [-0.39, 0.29) is 18.1 Å². The van der Waals surface area contributed by atoms with Gasteiger partial charge in [0.2, 0.25) is 0 Å². The summed E-state index contributed by atoms with van der Waals surface area (Å²) in [5, 5.41) is 7.44. The molecule has 24 heavy (non-hydrogen) atoms. The molecule has 2 atom stereocenters. The molecule has 4 rings (SSSR count). The first kappa shape index (κ1) is 16.1. The van der Waals surface area contributed by atoms with Gasteiger partial charge in [0, 0.05) is 25.1 Å². The van der Waals surface area contributed by atoms with Crippen LogP contribution in [0.3, 0.4) is 0 Å². The number of likely N-dealkylation sites (tertiary alicyclic amines) is 1. The quantitative estimate of drug-likeness (QED) is 0.855. The molecular weight excluding hydrogens is 302 g/mol. The molecule has 3 aliphatic rings. The maximum atomic E-state index is 13.1. The van der Waals surface area contributed by atoms with Crippen LogP contribution in [0.2, 0.25) is 0 Å². The summed E-state index contributed by atoms with van der Waals surface area (Å²) in [4.78, 5) is 15.2.